The highest BCUT2D eigenvalue weighted by atomic mass is 32.1. The first kappa shape index (κ1) is 18.8. The van der Waals surface area contributed by atoms with Crippen LogP contribution in [0.1, 0.15) is 6.92 Å². The number of hydrogen-bond donors (Lipinski definition) is 1. The van der Waals surface area contributed by atoms with Crippen LogP contribution in [0.5, 0.6) is 17.2 Å². The van der Waals surface area contributed by atoms with Crippen LogP contribution in [-0.4, -0.2) is 55.5 Å². The Hall–Kier alpha value is -3.20. The SMILES string of the molecule is CCOc1cccc2sc(N3CCN(C(=O)Nc4ccc5c(c4)OCO5)CC3)nc12. The Kier molecular flexibility index (Phi) is 4.96. The van der Waals surface area contributed by atoms with Crippen molar-refractivity contribution in [2.24, 2.45) is 0 Å². The molecule has 0 aliphatic carbocycles. The number of anilines is 2. The molecule has 1 aromatic heterocycles. The van der Waals surface area contributed by atoms with E-state index in [-0.39, 0.29) is 12.8 Å². The van der Waals surface area contributed by atoms with Crippen LogP contribution in [0.4, 0.5) is 15.6 Å². The van der Waals surface area contributed by atoms with Gasteiger partial charge in [-0.2, -0.15) is 0 Å². The topological polar surface area (TPSA) is 76.2 Å². The number of hydrogen-bond acceptors (Lipinski definition) is 7. The molecule has 1 fully saturated rings. The quantitative estimate of drug-likeness (QED) is 0.684. The Morgan fingerprint density at radius 2 is 2.00 bits per heavy atom. The van der Waals surface area contributed by atoms with Gasteiger partial charge in [0.1, 0.15) is 11.3 Å². The molecule has 0 spiro atoms. The fourth-order valence-corrected chi connectivity index (χ4v) is 4.63. The summed E-state index contributed by atoms with van der Waals surface area (Å²) in [7, 11) is 0. The van der Waals surface area contributed by atoms with E-state index < -0.39 is 0 Å². The largest absolute Gasteiger partial charge is 0.492 e. The molecule has 2 aliphatic heterocycles. The lowest BCUT2D eigenvalue weighted by Crippen LogP contribution is -2.50. The van der Waals surface area contributed by atoms with Gasteiger partial charge in [0.25, 0.3) is 0 Å². The smallest absolute Gasteiger partial charge is 0.321 e. The van der Waals surface area contributed by atoms with E-state index in [1.165, 1.54) is 0 Å². The molecule has 2 aliphatic rings. The zero-order valence-electron chi connectivity index (χ0n) is 16.6. The molecule has 2 aromatic carbocycles. The fourth-order valence-electron chi connectivity index (χ4n) is 3.60. The predicted molar refractivity (Wildman–Crippen MR) is 116 cm³/mol. The third-order valence-corrected chi connectivity index (χ3v) is 6.21. The maximum Gasteiger partial charge on any atom is 0.321 e. The summed E-state index contributed by atoms with van der Waals surface area (Å²) >= 11 is 1.66. The highest BCUT2D eigenvalue weighted by Gasteiger charge is 2.24. The second-order valence-electron chi connectivity index (χ2n) is 7.00. The molecule has 3 heterocycles. The van der Waals surface area contributed by atoms with Gasteiger partial charge < -0.3 is 29.3 Å². The molecule has 0 saturated carbocycles. The van der Waals surface area contributed by atoms with Crippen LogP contribution < -0.4 is 24.4 Å². The summed E-state index contributed by atoms with van der Waals surface area (Å²) in [6, 6.07) is 11.3. The van der Waals surface area contributed by atoms with E-state index in [4.69, 9.17) is 19.2 Å². The third kappa shape index (κ3) is 3.56. The van der Waals surface area contributed by atoms with Gasteiger partial charge in [-0.1, -0.05) is 17.4 Å². The molecule has 3 aromatic rings. The van der Waals surface area contributed by atoms with Crippen molar-refractivity contribution in [3.63, 3.8) is 0 Å². The van der Waals surface area contributed by atoms with Crippen LogP contribution >= 0.6 is 11.3 Å². The van der Waals surface area contributed by atoms with Gasteiger partial charge in [0.05, 0.1) is 11.3 Å². The van der Waals surface area contributed by atoms with Gasteiger partial charge >= 0.3 is 6.03 Å². The average Bonchev–Trinajstić information content (AvgIpc) is 3.41. The molecular formula is C21H22N4O4S. The molecule has 30 heavy (non-hydrogen) atoms. The summed E-state index contributed by atoms with van der Waals surface area (Å²) in [5, 5.41) is 3.91. The average molecular weight is 426 g/mol. The first-order chi connectivity index (χ1) is 14.7. The van der Waals surface area contributed by atoms with Crippen molar-refractivity contribution in [1.82, 2.24) is 9.88 Å². The summed E-state index contributed by atoms with van der Waals surface area (Å²) in [6.45, 7) is 5.53. The minimum absolute atomic E-state index is 0.114. The molecule has 5 rings (SSSR count). The van der Waals surface area contributed by atoms with Crippen molar-refractivity contribution in [3.8, 4) is 17.2 Å². The second kappa shape index (κ2) is 7.91. The molecule has 2 amide bonds. The number of carbonyl (C=O) groups excluding carboxylic acids is 1. The Bertz CT molecular complexity index is 1080. The Balaban J connectivity index is 1.22. The molecule has 0 unspecified atom stereocenters. The Morgan fingerprint density at radius 1 is 1.17 bits per heavy atom. The van der Waals surface area contributed by atoms with E-state index in [1.807, 2.05) is 30.0 Å². The molecule has 1 N–H and O–H groups in total. The number of fused-ring (bicyclic) bond motifs is 2. The van der Waals surface area contributed by atoms with Gasteiger partial charge in [0.15, 0.2) is 16.6 Å². The minimum Gasteiger partial charge on any atom is -0.492 e. The van der Waals surface area contributed by atoms with Gasteiger partial charge in [0, 0.05) is 37.9 Å². The van der Waals surface area contributed by atoms with E-state index in [0.29, 0.717) is 36.9 Å². The predicted octanol–water partition coefficient (Wildman–Crippen LogP) is 3.78. The third-order valence-electron chi connectivity index (χ3n) is 5.13. The molecule has 0 atom stereocenters. The van der Waals surface area contributed by atoms with Crippen LogP contribution in [0.3, 0.4) is 0 Å². The number of nitrogens with one attached hydrogen (secondary N) is 1. The van der Waals surface area contributed by atoms with Crippen molar-refractivity contribution in [2.75, 3.05) is 49.8 Å². The number of amides is 2. The first-order valence-electron chi connectivity index (χ1n) is 9.94. The molecule has 1 saturated heterocycles. The molecule has 0 bridgehead atoms. The maximum absolute atomic E-state index is 12.7. The fraction of sp³-hybridized carbons (Fsp3) is 0.333. The van der Waals surface area contributed by atoms with Crippen LogP contribution in [0.15, 0.2) is 36.4 Å². The first-order valence-corrected chi connectivity index (χ1v) is 10.8. The van der Waals surface area contributed by atoms with Crippen molar-refractivity contribution < 1.29 is 19.0 Å². The van der Waals surface area contributed by atoms with Gasteiger partial charge in [-0.05, 0) is 31.2 Å². The van der Waals surface area contributed by atoms with E-state index in [1.54, 1.807) is 23.5 Å². The van der Waals surface area contributed by atoms with Crippen LogP contribution in [0, 0.1) is 0 Å². The van der Waals surface area contributed by atoms with Crippen molar-refractivity contribution in [2.45, 2.75) is 6.92 Å². The highest BCUT2D eigenvalue weighted by molar-refractivity contribution is 7.22. The molecule has 9 heteroatoms. The summed E-state index contributed by atoms with van der Waals surface area (Å²) in [5.74, 6) is 2.17. The lowest BCUT2D eigenvalue weighted by Gasteiger charge is -2.34. The summed E-state index contributed by atoms with van der Waals surface area (Å²) < 4.78 is 17.5. The number of para-hydroxylation sites is 1. The standard InChI is InChI=1S/C21H22N4O4S/c1-2-27-16-4-3-5-18-19(16)23-21(30-18)25-10-8-24(9-11-25)20(26)22-14-6-7-15-17(12-14)29-13-28-15/h3-7,12H,2,8-11,13H2,1H3,(H,22,26). The van der Waals surface area contributed by atoms with Crippen LogP contribution in [0.2, 0.25) is 0 Å². The zero-order chi connectivity index (χ0) is 20.5. The molecule has 0 radical (unpaired) electrons. The Labute approximate surface area is 178 Å². The maximum atomic E-state index is 12.7. The van der Waals surface area contributed by atoms with Crippen molar-refractivity contribution in [3.05, 3.63) is 36.4 Å². The summed E-state index contributed by atoms with van der Waals surface area (Å²) in [6.07, 6.45) is 0. The van der Waals surface area contributed by atoms with E-state index in [2.05, 4.69) is 16.3 Å². The number of carbonyl (C=O) groups is 1. The Morgan fingerprint density at radius 3 is 2.83 bits per heavy atom. The zero-order valence-corrected chi connectivity index (χ0v) is 17.4. The minimum atomic E-state index is -0.114. The number of rotatable bonds is 4. The lowest BCUT2D eigenvalue weighted by atomic mass is 10.3. The van der Waals surface area contributed by atoms with Gasteiger partial charge in [0.2, 0.25) is 6.79 Å². The van der Waals surface area contributed by atoms with Gasteiger partial charge in [-0.15, -0.1) is 0 Å². The monoisotopic (exact) mass is 426 g/mol. The molecular weight excluding hydrogens is 404 g/mol. The highest BCUT2D eigenvalue weighted by Crippen LogP contribution is 2.35. The number of piperazine rings is 1. The van der Waals surface area contributed by atoms with E-state index in [0.717, 1.165) is 34.2 Å². The molecule has 156 valence electrons. The summed E-state index contributed by atoms with van der Waals surface area (Å²) in [5.41, 5.74) is 1.60. The normalized spacial score (nSPS) is 15.5. The number of thiazole rings is 1. The van der Waals surface area contributed by atoms with Crippen molar-refractivity contribution >= 4 is 38.4 Å². The number of nitrogens with zero attached hydrogens (tertiary/aromatic N) is 3. The number of aromatic nitrogens is 1. The molecule has 8 nitrogen and oxygen atoms in total. The van der Waals surface area contributed by atoms with E-state index in [9.17, 15) is 4.79 Å². The van der Waals surface area contributed by atoms with Gasteiger partial charge in [-0.3, -0.25) is 0 Å². The summed E-state index contributed by atoms with van der Waals surface area (Å²) in [4.78, 5) is 21.5. The number of ether oxygens (including phenoxy) is 3. The lowest BCUT2D eigenvalue weighted by molar-refractivity contribution is 0.174. The van der Waals surface area contributed by atoms with Crippen molar-refractivity contribution in [1.29, 1.82) is 0 Å². The van der Waals surface area contributed by atoms with Crippen LogP contribution in [0.25, 0.3) is 10.2 Å². The van der Waals surface area contributed by atoms with Crippen LogP contribution in [-0.2, 0) is 0 Å². The number of benzene rings is 2. The van der Waals surface area contributed by atoms with E-state index >= 15 is 0 Å². The second-order valence-corrected chi connectivity index (χ2v) is 8.01. The number of urea groups is 1. The van der Waals surface area contributed by atoms with Gasteiger partial charge in [-0.25, -0.2) is 9.78 Å².